The normalized spacial score (nSPS) is 13.6. The van der Waals surface area contributed by atoms with E-state index in [1.807, 2.05) is 0 Å². The second-order valence-corrected chi connectivity index (χ2v) is 20.7. The minimum absolute atomic E-state index is 0. The monoisotopic (exact) mass is 700 g/mol. The van der Waals surface area contributed by atoms with Gasteiger partial charge in [0.25, 0.3) is 0 Å². The third-order valence-electron chi connectivity index (χ3n) is 9.84. The standard InChI is InChI=1S/C39H51Si.3ClH.Ti/c1-25(2)40(26(3)4,27(5)6)38-14-13-34(24-38)39(35-18-28(7)15-29(8)19-35,36-20-30(9)16-31(10)21-36)37-22-32(11)17-33(12)23-37;;;;/h13,15-23,25-27H,14H2,1-12H3;3*1H;/q;;;;+3/p-3. The molecule has 0 N–H and O–H groups in total. The molecule has 0 nitrogen and oxygen atoms in total. The fourth-order valence-electron chi connectivity index (χ4n) is 8.89. The molecule has 0 heterocycles. The van der Waals surface area contributed by atoms with E-state index in [-0.39, 0.29) is 42.6 Å². The Hall–Kier alpha value is -1.06. The van der Waals surface area contributed by atoms with Crippen molar-refractivity contribution in [3.63, 3.8) is 0 Å². The summed E-state index contributed by atoms with van der Waals surface area (Å²) in [5, 5.41) is 1.79. The van der Waals surface area contributed by atoms with E-state index in [2.05, 4.69) is 164 Å². The second kappa shape index (κ2) is 15.7. The average molecular weight is 702 g/mol. The van der Waals surface area contributed by atoms with E-state index in [4.69, 9.17) is 0 Å². The quantitative estimate of drug-likeness (QED) is 0.250. The summed E-state index contributed by atoms with van der Waals surface area (Å²) in [7, 11) is -1.82. The van der Waals surface area contributed by atoms with Crippen LogP contribution in [0.15, 0.2) is 75.3 Å². The summed E-state index contributed by atoms with van der Waals surface area (Å²) in [5.41, 5.74) is 15.3. The number of benzene rings is 3. The van der Waals surface area contributed by atoms with Gasteiger partial charge in [-0.05, 0) is 0 Å². The Morgan fingerprint density at radius 3 is 1.05 bits per heavy atom. The van der Waals surface area contributed by atoms with Gasteiger partial charge in [0, 0.05) is 0 Å². The van der Waals surface area contributed by atoms with Crippen LogP contribution in [0.2, 0.25) is 16.6 Å². The van der Waals surface area contributed by atoms with Crippen molar-refractivity contribution in [2.45, 2.75) is 112 Å². The van der Waals surface area contributed by atoms with Gasteiger partial charge in [0.15, 0.2) is 0 Å². The minimum Gasteiger partial charge on any atom is -1.00 e. The van der Waals surface area contributed by atoms with Crippen molar-refractivity contribution in [1.82, 2.24) is 0 Å². The number of hydrogen-bond acceptors (Lipinski definition) is 0. The van der Waals surface area contributed by atoms with Gasteiger partial charge in [-0.2, -0.15) is 0 Å². The van der Waals surface area contributed by atoms with E-state index in [1.54, 1.807) is 9.07 Å². The first-order valence-corrected chi connectivity index (χ1v) is 18.6. The van der Waals surface area contributed by atoms with Gasteiger partial charge in [0.2, 0.25) is 0 Å². The van der Waals surface area contributed by atoms with E-state index >= 15 is 0 Å². The molecule has 3 aromatic rings. The number of halogens is 3. The van der Waals surface area contributed by atoms with E-state index in [0.717, 1.165) is 6.42 Å². The van der Waals surface area contributed by atoms with Crippen LogP contribution in [-0.4, -0.2) is 8.07 Å². The summed E-state index contributed by atoms with van der Waals surface area (Å²) in [5.74, 6) is 0. The maximum atomic E-state index is 2.65. The van der Waals surface area contributed by atoms with Gasteiger partial charge in [0.1, 0.15) is 0 Å². The van der Waals surface area contributed by atoms with Gasteiger partial charge in [-0.15, -0.1) is 0 Å². The molecule has 44 heavy (non-hydrogen) atoms. The third-order valence-corrected chi connectivity index (χ3v) is 18.4. The van der Waals surface area contributed by atoms with Crippen molar-refractivity contribution in [1.29, 1.82) is 0 Å². The van der Waals surface area contributed by atoms with Crippen LogP contribution >= 0.6 is 0 Å². The van der Waals surface area contributed by atoms with Crippen molar-refractivity contribution in [3.8, 4) is 0 Å². The van der Waals surface area contributed by atoms with Crippen LogP contribution in [0.25, 0.3) is 0 Å². The molecule has 0 radical (unpaired) electrons. The Balaban J connectivity index is 0.00000323. The zero-order chi connectivity index (χ0) is 30.4. The van der Waals surface area contributed by atoms with E-state index in [0.29, 0.717) is 16.6 Å². The van der Waals surface area contributed by atoms with Crippen LogP contribution in [0.4, 0.5) is 0 Å². The number of hydrogen-bond donors (Lipinski definition) is 0. The van der Waals surface area contributed by atoms with Gasteiger partial charge >= 0.3 is 265 Å². The molecular formula is C39H51Cl3SiTi. The van der Waals surface area contributed by atoms with Crippen LogP contribution in [-0.2, 0) is 25.9 Å². The maximum Gasteiger partial charge on any atom is -1.00 e. The molecule has 4 rings (SSSR count). The van der Waals surface area contributed by atoms with Crippen molar-refractivity contribution in [3.05, 3.63) is 125 Å². The van der Waals surface area contributed by atoms with Gasteiger partial charge in [-0.25, -0.2) is 0 Å². The molecule has 0 aliphatic heterocycles. The molecule has 0 spiro atoms. The Morgan fingerprint density at radius 2 is 0.795 bits per heavy atom. The molecule has 0 atom stereocenters. The van der Waals surface area contributed by atoms with Gasteiger partial charge in [0.05, 0.1) is 0 Å². The Morgan fingerprint density at radius 1 is 0.523 bits per heavy atom. The molecule has 5 heteroatoms. The summed E-state index contributed by atoms with van der Waals surface area (Å²) in [4.78, 5) is 0. The van der Waals surface area contributed by atoms with Crippen LogP contribution in [0.1, 0.15) is 98.0 Å². The third kappa shape index (κ3) is 7.10. The molecular weight excluding hydrogens is 651 g/mol. The topological polar surface area (TPSA) is 0 Å². The number of rotatable bonds is 8. The van der Waals surface area contributed by atoms with Crippen molar-refractivity contribution in [2.75, 3.05) is 0 Å². The SMILES string of the molecule is Cc1cc(C)cc(C(C2=CCC([Si](C(C)C)(C(C)C)C(C)C)=[C]2[Ti+3])(c2cc(C)cc(C)c2)c2cc(C)cc(C)c2)c1.[Cl-].[Cl-].[Cl-]. The van der Waals surface area contributed by atoms with Gasteiger partial charge < -0.3 is 37.2 Å². The molecule has 0 saturated heterocycles. The van der Waals surface area contributed by atoms with Crippen LogP contribution < -0.4 is 37.2 Å². The fraction of sp³-hybridized carbons (Fsp3) is 0.436. The van der Waals surface area contributed by atoms with E-state index in [1.165, 1.54) is 55.6 Å². The predicted molar refractivity (Wildman–Crippen MR) is 178 cm³/mol. The molecule has 1 aliphatic carbocycles. The first kappa shape index (κ1) is 41.0. The molecule has 0 aromatic heterocycles. The van der Waals surface area contributed by atoms with E-state index < -0.39 is 8.07 Å². The molecule has 236 valence electrons. The molecule has 0 amide bonds. The zero-order valence-corrected chi connectivity index (χ0v) is 33.7. The maximum absolute atomic E-state index is 2.65. The zero-order valence-electron chi connectivity index (χ0n) is 28.8. The average Bonchev–Trinajstić information content (AvgIpc) is 3.19. The minimum atomic E-state index is -1.82. The van der Waals surface area contributed by atoms with Crippen molar-refractivity contribution >= 4 is 8.07 Å². The van der Waals surface area contributed by atoms with Crippen LogP contribution in [0.5, 0.6) is 0 Å². The molecule has 0 bridgehead atoms. The largest absolute Gasteiger partial charge is 1.00 e. The van der Waals surface area contributed by atoms with Crippen molar-refractivity contribution in [2.24, 2.45) is 0 Å². The van der Waals surface area contributed by atoms with Crippen molar-refractivity contribution < 1.29 is 57.7 Å². The van der Waals surface area contributed by atoms with Crippen LogP contribution in [0, 0.1) is 41.5 Å². The number of allylic oxidation sites excluding steroid dienone is 4. The second-order valence-electron chi connectivity index (χ2n) is 14.0. The molecule has 0 fully saturated rings. The first-order chi connectivity index (χ1) is 19.1. The van der Waals surface area contributed by atoms with Gasteiger partial charge in [-0.3, -0.25) is 0 Å². The molecule has 0 unspecified atom stereocenters. The molecule has 0 saturated carbocycles. The Kier molecular flexibility index (Phi) is 14.6. The first-order valence-electron chi connectivity index (χ1n) is 15.6. The summed E-state index contributed by atoms with van der Waals surface area (Å²) >= 11 is 2.48. The smallest absolute Gasteiger partial charge is 1.00 e. The summed E-state index contributed by atoms with van der Waals surface area (Å²) in [6.07, 6.45) is 3.73. The molecule has 3 aromatic carbocycles. The van der Waals surface area contributed by atoms with E-state index in [9.17, 15) is 0 Å². The van der Waals surface area contributed by atoms with Crippen LogP contribution in [0.3, 0.4) is 0 Å². The summed E-state index contributed by atoms with van der Waals surface area (Å²) in [6.45, 7) is 28.6. The summed E-state index contributed by atoms with van der Waals surface area (Å²) < 4.78 is 1.56. The molecule has 1 aliphatic rings. The Labute approximate surface area is 300 Å². The summed E-state index contributed by atoms with van der Waals surface area (Å²) in [6, 6.07) is 21.8. The number of aryl methyl sites for hydroxylation is 6. The fourth-order valence-corrected chi connectivity index (χ4v) is 17.6. The van der Waals surface area contributed by atoms with Gasteiger partial charge in [-0.1, -0.05) is 0 Å². The Bertz CT molecular complexity index is 1320. The predicted octanol–water partition coefficient (Wildman–Crippen LogP) is 2.23.